The van der Waals surface area contributed by atoms with Crippen molar-refractivity contribution in [2.75, 3.05) is 26.7 Å². The largest absolute Gasteiger partial charge is 0.486 e. The van der Waals surface area contributed by atoms with Crippen LogP contribution in [0.25, 0.3) is 0 Å². The van der Waals surface area contributed by atoms with Crippen molar-refractivity contribution in [1.29, 1.82) is 0 Å². The molecule has 10 heteroatoms. The van der Waals surface area contributed by atoms with Gasteiger partial charge in [-0.05, 0) is 43.5 Å². The van der Waals surface area contributed by atoms with E-state index in [1.807, 2.05) is 30.8 Å². The van der Waals surface area contributed by atoms with Crippen LogP contribution < -0.4 is 4.74 Å². The monoisotopic (exact) mass is 497 g/mol. The SMILES string of the molecule is CC(C)c1cccc(OCc2nnc([C@@H]3CC[C@@H](n4cc(C5(F)CCN(C)CC5)nn4)CO3)n2C)c1. The highest BCUT2D eigenvalue weighted by Crippen LogP contribution is 2.37. The molecule has 0 radical (unpaired) electrons. The number of nitrogens with zero attached hydrogens (tertiary/aromatic N) is 7. The van der Waals surface area contributed by atoms with Gasteiger partial charge in [0.2, 0.25) is 0 Å². The Morgan fingerprint density at radius 3 is 2.67 bits per heavy atom. The summed E-state index contributed by atoms with van der Waals surface area (Å²) in [6, 6.07) is 8.18. The summed E-state index contributed by atoms with van der Waals surface area (Å²) in [4.78, 5) is 2.14. The highest BCUT2D eigenvalue weighted by atomic mass is 19.1. The average molecular weight is 498 g/mol. The zero-order valence-corrected chi connectivity index (χ0v) is 21.6. The molecule has 0 unspecified atom stereocenters. The average Bonchev–Trinajstić information content (AvgIpc) is 3.53. The van der Waals surface area contributed by atoms with Gasteiger partial charge in [-0.1, -0.05) is 31.2 Å². The summed E-state index contributed by atoms with van der Waals surface area (Å²) in [5.41, 5.74) is 0.286. The van der Waals surface area contributed by atoms with Gasteiger partial charge in [-0.25, -0.2) is 9.07 Å². The molecule has 2 aliphatic rings. The Hall–Kier alpha value is -2.85. The van der Waals surface area contributed by atoms with E-state index in [4.69, 9.17) is 9.47 Å². The van der Waals surface area contributed by atoms with Crippen molar-refractivity contribution in [3.8, 4) is 5.75 Å². The third-order valence-corrected chi connectivity index (χ3v) is 7.55. The number of hydrogen-bond donors (Lipinski definition) is 0. The number of hydrogen-bond acceptors (Lipinski definition) is 7. The summed E-state index contributed by atoms with van der Waals surface area (Å²) in [7, 11) is 3.96. The molecule has 0 bridgehead atoms. The predicted molar refractivity (Wildman–Crippen MR) is 132 cm³/mol. The minimum atomic E-state index is -1.39. The lowest BCUT2D eigenvalue weighted by Crippen LogP contribution is -2.38. The second-order valence-electron chi connectivity index (χ2n) is 10.5. The fourth-order valence-electron chi connectivity index (χ4n) is 4.93. The molecule has 2 atom stereocenters. The summed E-state index contributed by atoms with van der Waals surface area (Å²) in [5, 5.41) is 17.2. The molecule has 5 rings (SSSR count). The fraction of sp³-hybridized carbons (Fsp3) is 0.615. The zero-order valence-electron chi connectivity index (χ0n) is 21.6. The second-order valence-corrected chi connectivity index (χ2v) is 10.5. The number of benzene rings is 1. The van der Waals surface area contributed by atoms with E-state index in [2.05, 4.69) is 51.4 Å². The number of likely N-dealkylation sites (tertiary alicyclic amines) is 1. The Morgan fingerprint density at radius 2 is 1.94 bits per heavy atom. The van der Waals surface area contributed by atoms with Crippen LogP contribution in [0.1, 0.15) is 80.5 Å². The van der Waals surface area contributed by atoms with Crippen molar-refractivity contribution in [2.24, 2.45) is 7.05 Å². The Bertz CT molecular complexity index is 1160. The summed E-state index contributed by atoms with van der Waals surface area (Å²) in [6.07, 6.45) is 4.14. The molecule has 2 aliphatic heterocycles. The quantitative estimate of drug-likeness (QED) is 0.486. The normalized spacial score (nSPS) is 22.7. The van der Waals surface area contributed by atoms with Gasteiger partial charge in [0, 0.05) is 33.0 Å². The van der Waals surface area contributed by atoms with Gasteiger partial charge in [-0.15, -0.1) is 15.3 Å². The number of piperidine rings is 1. The van der Waals surface area contributed by atoms with Gasteiger partial charge in [0.05, 0.1) is 18.8 Å². The van der Waals surface area contributed by atoms with E-state index in [0.29, 0.717) is 37.7 Å². The van der Waals surface area contributed by atoms with Gasteiger partial charge in [0.15, 0.2) is 17.3 Å². The van der Waals surface area contributed by atoms with Crippen molar-refractivity contribution in [3.05, 3.63) is 53.4 Å². The summed E-state index contributed by atoms with van der Waals surface area (Å²) in [6.45, 7) is 6.59. The first-order valence-electron chi connectivity index (χ1n) is 12.8. The first-order valence-corrected chi connectivity index (χ1v) is 12.8. The topological polar surface area (TPSA) is 83.1 Å². The molecule has 2 fully saturated rings. The van der Waals surface area contributed by atoms with Crippen molar-refractivity contribution < 1.29 is 13.9 Å². The van der Waals surface area contributed by atoms with Crippen molar-refractivity contribution in [1.82, 2.24) is 34.7 Å². The van der Waals surface area contributed by atoms with Crippen LogP contribution in [0.15, 0.2) is 30.5 Å². The Balaban J connectivity index is 1.17. The van der Waals surface area contributed by atoms with Crippen LogP contribution in [0.5, 0.6) is 5.75 Å². The summed E-state index contributed by atoms with van der Waals surface area (Å²) in [5.74, 6) is 2.80. The molecule has 0 aliphatic carbocycles. The lowest BCUT2D eigenvalue weighted by molar-refractivity contribution is -0.0226. The van der Waals surface area contributed by atoms with Gasteiger partial charge in [-0.3, -0.25) is 0 Å². The van der Waals surface area contributed by atoms with Gasteiger partial charge < -0.3 is 18.9 Å². The highest BCUT2D eigenvalue weighted by Gasteiger charge is 2.39. The molecule has 4 heterocycles. The van der Waals surface area contributed by atoms with E-state index in [9.17, 15) is 0 Å². The number of alkyl halides is 1. The first kappa shape index (κ1) is 24.8. The third kappa shape index (κ3) is 5.15. The fourth-order valence-corrected chi connectivity index (χ4v) is 4.93. The number of halogens is 1. The summed E-state index contributed by atoms with van der Waals surface area (Å²) >= 11 is 0. The van der Waals surface area contributed by atoms with Crippen molar-refractivity contribution in [2.45, 2.75) is 69.9 Å². The number of aromatic nitrogens is 6. The van der Waals surface area contributed by atoms with E-state index in [-0.39, 0.29) is 12.1 Å². The Kier molecular flexibility index (Phi) is 7.07. The van der Waals surface area contributed by atoms with Gasteiger partial charge >= 0.3 is 0 Å². The van der Waals surface area contributed by atoms with Crippen LogP contribution in [0, 0.1) is 0 Å². The third-order valence-electron chi connectivity index (χ3n) is 7.55. The van der Waals surface area contributed by atoms with Crippen LogP contribution in [-0.4, -0.2) is 61.4 Å². The minimum Gasteiger partial charge on any atom is -0.486 e. The van der Waals surface area contributed by atoms with E-state index in [0.717, 1.165) is 43.3 Å². The maximum Gasteiger partial charge on any atom is 0.170 e. The molecule has 2 aromatic heterocycles. The molecule has 194 valence electrons. The van der Waals surface area contributed by atoms with Gasteiger partial charge in [-0.2, -0.15) is 0 Å². The Labute approximate surface area is 211 Å². The molecule has 36 heavy (non-hydrogen) atoms. The number of ether oxygens (including phenoxy) is 2. The van der Waals surface area contributed by atoms with Crippen LogP contribution in [0.2, 0.25) is 0 Å². The molecular weight excluding hydrogens is 461 g/mol. The maximum absolute atomic E-state index is 15.4. The molecule has 0 spiro atoms. The molecular formula is C26H36FN7O2. The number of rotatable bonds is 7. The highest BCUT2D eigenvalue weighted by molar-refractivity contribution is 5.30. The molecule has 9 nitrogen and oxygen atoms in total. The van der Waals surface area contributed by atoms with E-state index >= 15 is 4.39 Å². The summed E-state index contributed by atoms with van der Waals surface area (Å²) < 4.78 is 31.3. The lowest BCUT2D eigenvalue weighted by Gasteiger charge is -2.33. The molecule has 2 saturated heterocycles. The lowest BCUT2D eigenvalue weighted by atomic mass is 9.91. The molecule has 1 aromatic carbocycles. The maximum atomic E-state index is 15.4. The van der Waals surface area contributed by atoms with Crippen LogP contribution in [0.4, 0.5) is 4.39 Å². The minimum absolute atomic E-state index is 0.0293. The van der Waals surface area contributed by atoms with Crippen molar-refractivity contribution >= 4 is 0 Å². The predicted octanol–water partition coefficient (Wildman–Crippen LogP) is 4.09. The molecule has 0 saturated carbocycles. The zero-order chi connectivity index (χ0) is 25.3. The molecule has 0 amide bonds. The van der Waals surface area contributed by atoms with Crippen molar-refractivity contribution in [3.63, 3.8) is 0 Å². The first-order chi connectivity index (χ1) is 17.3. The van der Waals surface area contributed by atoms with Crippen LogP contribution in [-0.2, 0) is 24.1 Å². The van der Waals surface area contributed by atoms with E-state index in [1.54, 1.807) is 10.9 Å². The standard InChI is InChI=1S/C26H36FN7O2/c1-18(2)19-6-5-7-21(14-19)35-17-24-29-30-25(33(24)4)22-9-8-20(16-36-22)34-15-23(28-31-34)26(27)10-12-32(3)13-11-26/h5-7,14-15,18,20,22H,8-13,16-17H2,1-4H3/t20-,22+/m1/s1. The second kappa shape index (κ2) is 10.3. The molecule has 3 aromatic rings. The van der Waals surface area contributed by atoms with E-state index in [1.165, 1.54) is 5.56 Å². The van der Waals surface area contributed by atoms with E-state index < -0.39 is 5.67 Å². The van der Waals surface area contributed by atoms with Gasteiger partial charge in [0.1, 0.15) is 24.2 Å². The molecule has 0 N–H and O–H groups in total. The van der Waals surface area contributed by atoms with Gasteiger partial charge in [0.25, 0.3) is 0 Å². The van der Waals surface area contributed by atoms with Crippen LogP contribution in [0.3, 0.4) is 0 Å². The smallest absolute Gasteiger partial charge is 0.170 e. The van der Waals surface area contributed by atoms with Crippen LogP contribution >= 0.6 is 0 Å². The Morgan fingerprint density at radius 1 is 1.14 bits per heavy atom.